The normalized spacial score (nSPS) is 12.0. The third-order valence-corrected chi connectivity index (χ3v) is 2.67. The molecule has 0 aromatic carbocycles. The Labute approximate surface area is 113 Å². The van der Waals surface area contributed by atoms with E-state index in [0.717, 1.165) is 12.2 Å². The number of aromatic nitrogens is 1. The van der Waals surface area contributed by atoms with Crippen LogP contribution in [0.1, 0.15) is 12.8 Å². The quantitative estimate of drug-likeness (QED) is 0.715. The van der Waals surface area contributed by atoms with Gasteiger partial charge in [-0.3, -0.25) is 4.79 Å². The maximum atomic E-state index is 11.8. The molecule has 0 saturated carbocycles. The van der Waals surface area contributed by atoms with Crippen molar-refractivity contribution in [2.75, 3.05) is 38.0 Å². The molecular weight excluding hydrogens is 244 g/mol. The summed E-state index contributed by atoms with van der Waals surface area (Å²) in [4.78, 5) is 17.9. The molecule has 0 spiro atoms. The Kier molecular flexibility index (Phi) is 6.24. The molecule has 0 fully saturated rings. The van der Waals surface area contributed by atoms with E-state index in [4.69, 9.17) is 10.5 Å². The lowest BCUT2D eigenvalue weighted by Crippen LogP contribution is -2.35. The number of anilines is 2. The summed E-state index contributed by atoms with van der Waals surface area (Å²) in [5, 5.41) is 2.75. The van der Waals surface area contributed by atoms with Crippen LogP contribution in [0.15, 0.2) is 18.3 Å². The highest BCUT2D eigenvalue weighted by Gasteiger charge is 2.13. The minimum absolute atomic E-state index is 0.199. The van der Waals surface area contributed by atoms with Gasteiger partial charge in [-0.1, -0.05) is 0 Å². The number of ether oxygens (including phenoxy) is 1. The Bertz CT molecular complexity index is 392. The number of carbonyl (C=O) groups excluding carboxylic acids is 1. The summed E-state index contributed by atoms with van der Waals surface area (Å²) in [6.45, 7) is 0.611. The van der Waals surface area contributed by atoms with Crippen molar-refractivity contribution < 1.29 is 9.53 Å². The summed E-state index contributed by atoms with van der Waals surface area (Å²) in [5.74, 6) is 0.637. The minimum Gasteiger partial charge on any atom is -0.385 e. The van der Waals surface area contributed by atoms with Crippen LogP contribution in [0, 0.1) is 0 Å². The summed E-state index contributed by atoms with van der Waals surface area (Å²) in [7, 11) is 5.45. The number of carbonyl (C=O) groups is 1. The van der Waals surface area contributed by atoms with Gasteiger partial charge in [0.25, 0.3) is 0 Å². The van der Waals surface area contributed by atoms with Gasteiger partial charge < -0.3 is 20.7 Å². The van der Waals surface area contributed by atoms with E-state index in [2.05, 4.69) is 10.3 Å². The van der Waals surface area contributed by atoms with Gasteiger partial charge in [-0.15, -0.1) is 0 Å². The maximum Gasteiger partial charge on any atom is 0.241 e. The molecule has 1 rings (SSSR count). The molecule has 19 heavy (non-hydrogen) atoms. The fourth-order valence-electron chi connectivity index (χ4n) is 1.54. The zero-order chi connectivity index (χ0) is 14.3. The SMILES string of the molecule is COCCCC(N)C(=O)Nc1ccc(N(C)C)nc1. The fourth-order valence-corrected chi connectivity index (χ4v) is 1.54. The first kappa shape index (κ1) is 15.4. The molecule has 1 aromatic heterocycles. The Morgan fingerprint density at radius 2 is 2.26 bits per heavy atom. The number of methoxy groups -OCH3 is 1. The van der Waals surface area contributed by atoms with Crippen LogP contribution in [0.4, 0.5) is 11.5 Å². The van der Waals surface area contributed by atoms with E-state index in [1.54, 1.807) is 13.3 Å². The van der Waals surface area contributed by atoms with Crippen LogP contribution in [0.2, 0.25) is 0 Å². The number of hydrogen-bond acceptors (Lipinski definition) is 5. The van der Waals surface area contributed by atoms with Crippen molar-refractivity contribution in [2.45, 2.75) is 18.9 Å². The predicted octanol–water partition coefficient (Wildman–Crippen LogP) is 0.840. The van der Waals surface area contributed by atoms with E-state index in [1.807, 2.05) is 31.1 Å². The van der Waals surface area contributed by atoms with E-state index in [-0.39, 0.29) is 5.91 Å². The molecule has 1 aromatic rings. The van der Waals surface area contributed by atoms with Gasteiger partial charge >= 0.3 is 0 Å². The van der Waals surface area contributed by atoms with Crippen LogP contribution >= 0.6 is 0 Å². The van der Waals surface area contributed by atoms with Crippen LogP contribution in [0.5, 0.6) is 0 Å². The number of amides is 1. The van der Waals surface area contributed by atoms with Gasteiger partial charge in [-0.05, 0) is 25.0 Å². The second-order valence-corrected chi connectivity index (χ2v) is 4.53. The average molecular weight is 266 g/mol. The van der Waals surface area contributed by atoms with E-state index in [9.17, 15) is 4.79 Å². The first-order valence-electron chi connectivity index (χ1n) is 6.23. The first-order chi connectivity index (χ1) is 9.04. The van der Waals surface area contributed by atoms with Gasteiger partial charge in [-0.25, -0.2) is 4.98 Å². The van der Waals surface area contributed by atoms with Crippen molar-refractivity contribution >= 4 is 17.4 Å². The molecule has 1 amide bonds. The summed E-state index contributed by atoms with van der Waals surface area (Å²) in [5.41, 5.74) is 6.44. The molecule has 0 saturated heterocycles. The highest BCUT2D eigenvalue weighted by Crippen LogP contribution is 2.12. The van der Waals surface area contributed by atoms with E-state index in [0.29, 0.717) is 18.7 Å². The second kappa shape index (κ2) is 7.70. The topological polar surface area (TPSA) is 80.5 Å². The van der Waals surface area contributed by atoms with Gasteiger partial charge in [0.1, 0.15) is 5.82 Å². The molecule has 3 N–H and O–H groups in total. The number of hydrogen-bond donors (Lipinski definition) is 2. The minimum atomic E-state index is -0.524. The lowest BCUT2D eigenvalue weighted by Gasteiger charge is -2.14. The highest BCUT2D eigenvalue weighted by atomic mass is 16.5. The van der Waals surface area contributed by atoms with Crippen LogP contribution < -0.4 is 16.0 Å². The van der Waals surface area contributed by atoms with Crippen LogP contribution in [-0.2, 0) is 9.53 Å². The smallest absolute Gasteiger partial charge is 0.241 e. The molecule has 0 aliphatic rings. The molecule has 0 aliphatic heterocycles. The molecule has 0 aliphatic carbocycles. The van der Waals surface area contributed by atoms with Crippen LogP contribution in [0.3, 0.4) is 0 Å². The molecule has 1 heterocycles. The van der Waals surface area contributed by atoms with Crippen molar-refractivity contribution in [3.8, 4) is 0 Å². The largest absolute Gasteiger partial charge is 0.385 e. The van der Waals surface area contributed by atoms with E-state index in [1.165, 1.54) is 0 Å². The van der Waals surface area contributed by atoms with Crippen molar-refractivity contribution in [2.24, 2.45) is 5.73 Å². The summed E-state index contributed by atoms with van der Waals surface area (Å²) in [6.07, 6.45) is 2.99. The van der Waals surface area contributed by atoms with Crippen LogP contribution in [-0.4, -0.2) is 44.7 Å². The van der Waals surface area contributed by atoms with Gasteiger partial charge in [0.2, 0.25) is 5.91 Å². The highest BCUT2D eigenvalue weighted by molar-refractivity contribution is 5.94. The average Bonchev–Trinajstić information content (AvgIpc) is 2.39. The molecule has 0 radical (unpaired) electrons. The molecular formula is C13H22N4O2. The molecule has 106 valence electrons. The third-order valence-electron chi connectivity index (χ3n) is 2.67. The van der Waals surface area contributed by atoms with Crippen molar-refractivity contribution in [1.29, 1.82) is 0 Å². The van der Waals surface area contributed by atoms with Crippen molar-refractivity contribution in [3.05, 3.63) is 18.3 Å². The molecule has 1 atom stereocenters. The Morgan fingerprint density at radius 3 is 2.79 bits per heavy atom. The fraction of sp³-hybridized carbons (Fsp3) is 0.538. The van der Waals surface area contributed by atoms with Crippen molar-refractivity contribution in [1.82, 2.24) is 4.98 Å². The van der Waals surface area contributed by atoms with Gasteiger partial charge in [0.05, 0.1) is 17.9 Å². The third kappa shape index (κ3) is 5.23. The van der Waals surface area contributed by atoms with Gasteiger partial charge in [-0.2, -0.15) is 0 Å². The number of pyridine rings is 1. The van der Waals surface area contributed by atoms with Gasteiger partial charge in [0, 0.05) is 27.8 Å². The summed E-state index contributed by atoms with van der Waals surface area (Å²) in [6, 6.07) is 3.12. The number of rotatable bonds is 7. The summed E-state index contributed by atoms with van der Waals surface area (Å²) < 4.78 is 4.92. The Morgan fingerprint density at radius 1 is 1.53 bits per heavy atom. The number of nitrogens with two attached hydrogens (primary N) is 1. The molecule has 6 nitrogen and oxygen atoms in total. The predicted molar refractivity (Wildman–Crippen MR) is 76.3 cm³/mol. The van der Waals surface area contributed by atoms with Gasteiger partial charge in [0.15, 0.2) is 0 Å². The second-order valence-electron chi connectivity index (χ2n) is 4.53. The van der Waals surface area contributed by atoms with E-state index < -0.39 is 6.04 Å². The first-order valence-corrected chi connectivity index (χ1v) is 6.23. The van der Waals surface area contributed by atoms with Crippen LogP contribution in [0.25, 0.3) is 0 Å². The number of nitrogens with one attached hydrogen (secondary N) is 1. The Hall–Kier alpha value is -1.66. The lowest BCUT2D eigenvalue weighted by atomic mass is 10.1. The summed E-state index contributed by atoms with van der Waals surface area (Å²) >= 11 is 0. The molecule has 6 heteroatoms. The zero-order valence-corrected chi connectivity index (χ0v) is 11.7. The Balaban J connectivity index is 2.47. The molecule has 0 bridgehead atoms. The number of nitrogens with zero attached hydrogens (tertiary/aromatic N) is 2. The maximum absolute atomic E-state index is 11.8. The van der Waals surface area contributed by atoms with E-state index >= 15 is 0 Å². The lowest BCUT2D eigenvalue weighted by molar-refractivity contribution is -0.117. The monoisotopic (exact) mass is 266 g/mol. The standard InChI is InChI=1S/C13H22N4O2/c1-17(2)12-7-6-10(9-15-12)16-13(18)11(14)5-4-8-19-3/h6-7,9,11H,4-5,8,14H2,1-3H3,(H,16,18). The zero-order valence-electron chi connectivity index (χ0n) is 11.7. The van der Waals surface area contributed by atoms with Crippen molar-refractivity contribution in [3.63, 3.8) is 0 Å². The molecule has 1 unspecified atom stereocenters.